The van der Waals surface area contributed by atoms with Crippen molar-refractivity contribution < 1.29 is 66.5 Å². The van der Waals surface area contributed by atoms with Crippen molar-refractivity contribution in [2.45, 2.75) is 20.9 Å². The van der Waals surface area contributed by atoms with E-state index in [1.807, 2.05) is 0 Å². The summed E-state index contributed by atoms with van der Waals surface area (Å²) in [6, 6.07) is 16.7. The highest BCUT2D eigenvalue weighted by molar-refractivity contribution is 7.91. The highest BCUT2D eigenvalue weighted by atomic mass is 35.5. The van der Waals surface area contributed by atoms with Crippen LogP contribution in [0.3, 0.4) is 0 Å². The van der Waals surface area contributed by atoms with Crippen molar-refractivity contribution in [1.29, 1.82) is 0 Å². The normalized spacial score (nSPS) is 13.1. The Hall–Kier alpha value is -6.11. The molecule has 0 fully saturated rings. The van der Waals surface area contributed by atoms with E-state index in [0.717, 1.165) is 36.4 Å². The molecule has 4 aromatic carbocycles. The largest absolute Gasteiger partial charge is 0.504 e. The first-order valence-electron chi connectivity index (χ1n) is 15.9. The SMILES string of the molecule is O=C(O)c1ccc(S(=O)(=O)O)cc1N=NC(N=Nc1cc(S(=O)(=O)O)cc(Nc2nc(Cl)nc(Nc3cccc(S(=O)(=O)CCOS(=O)(=O)O)c3)n2)c1O)c1ccccc1. The number of sulfone groups is 1. The van der Waals surface area contributed by atoms with Crippen molar-refractivity contribution in [3.63, 3.8) is 0 Å². The van der Waals surface area contributed by atoms with E-state index in [9.17, 15) is 57.8 Å². The van der Waals surface area contributed by atoms with E-state index in [4.69, 9.17) is 16.2 Å². The van der Waals surface area contributed by atoms with Crippen LogP contribution in [-0.2, 0) is 44.7 Å². The summed E-state index contributed by atoms with van der Waals surface area (Å²) in [4.78, 5) is 21.8. The minimum atomic E-state index is -5.02. The predicted octanol–water partition coefficient (Wildman–Crippen LogP) is 5.07. The molecule has 1 heterocycles. The molecule has 24 nitrogen and oxygen atoms in total. The summed E-state index contributed by atoms with van der Waals surface area (Å²) >= 11 is 6.08. The van der Waals surface area contributed by atoms with Gasteiger partial charge in [0.25, 0.3) is 20.2 Å². The molecule has 0 aliphatic heterocycles. The van der Waals surface area contributed by atoms with Gasteiger partial charge in [-0.15, -0.1) is 5.11 Å². The van der Waals surface area contributed by atoms with E-state index >= 15 is 0 Å². The van der Waals surface area contributed by atoms with Gasteiger partial charge in [0.05, 0.1) is 38.3 Å². The Balaban J connectivity index is 1.48. The molecule has 0 aliphatic carbocycles. The molecule has 316 valence electrons. The van der Waals surface area contributed by atoms with Crippen LogP contribution in [0, 0.1) is 0 Å². The Labute approximate surface area is 344 Å². The molecule has 0 saturated heterocycles. The molecule has 60 heavy (non-hydrogen) atoms. The average molecular weight is 928 g/mol. The molecule has 0 amide bonds. The van der Waals surface area contributed by atoms with E-state index < -0.39 is 114 Å². The first-order chi connectivity index (χ1) is 28.0. The fourth-order valence-electron chi connectivity index (χ4n) is 4.71. The number of aromatic carboxylic acids is 1. The first-order valence-corrected chi connectivity index (χ1v) is 22.2. The molecule has 29 heteroatoms. The predicted molar refractivity (Wildman–Crippen MR) is 207 cm³/mol. The molecule has 5 rings (SSSR count). The molecule has 0 spiro atoms. The van der Waals surface area contributed by atoms with Gasteiger partial charge in [-0.25, -0.2) is 17.4 Å². The van der Waals surface area contributed by atoms with E-state index in [0.29, 0.717) is 0 Å². The number of rotatable bonds is 17. The van der Waals surface area contributed by atoms with Gasteiger partial charge in [-0.3, -0.25) is 13.7 Å². The lowest BCUT2D eigenvalue weighted by Gasteiger charge is -2.12. The number of carboxylic acids is 1. The number of carboxylic acid groups (broad SMARTS) is 1. The van der Waals surface area contributed by atoms with Crippen molar-refractivity contribution in [3.05, 3.63) is 101 Å². The van der Waals surface area contributed by atoms with Crippen LogP contribution < -0.4 is 10.6 Å². The molecule has 1 aromatic heterocycles. The zero-order chi connectivity index (χ0) is 44.0. The summed E-state index contributed by atoms with van der Waals surface area (Å²) in [6.07, 6.45) is -1.47. The number of aromatic nitrogens is 3. The van der Waals surface area contributed by atoms with Crippen LogP contribution in [0.5, 0.6) is 5.75 Å². The summed E-state index contributed by atoms with van der Waals surface area (Å²) in [6.45, 7) is -0.878. The zero-order valence-corrected chi connectivity index (χ0v) is 33.6. The second-order valence-electron chi connectivity index (χ2n) is 11.6. The molecule has 0 bridgehead atoms. The Morgan fingerprint density at radius 2 is 1.33 bits per heavy atom. The van der Waals surface area contributed by atoms with Crippen LogP contribution >= 0.6 is 11.6 Å². The summed E-state index contributed by atoms with van der Waals surface area (Å²) in [5.41, 5.74) is -1.81. The van der Waals surface area contributed by atoms with Crippen LogP contribution in [0.25, 0.3) is 0 Å². The zero-order valence-electron chi connectivity index (χ0n) is 29.5. The highest BCUT2D eigenvalue weighted by Gasteiger charge is 2.22. The maximum absolute atomic E-state index is 12.7. The quantitative estimate of drug-likeness (QED) is 0.0363. The molecule has 0 aliphatic rings. The number of phenolic OH excluding ortho intramolecular Hbond substituents is 1. The molecule has 5 aromatic rings. The third-order valence-electron chi connectivity index (χ3n) is 7.39. The minimum Gasteiger partial charge on any atom is -0.504 e. The monoisotopic (exact) mass is 927 g/mol. The van der Waals surface area contributed by atoms with Crippen molar-refractivity contribution in [3.8, 4) is 5.75 Å². The average Bonchev–Trinajstić information content (AvgIpc) is 3.14. The number of hydrogen-bond donors (Lipinski definition) is 7. The van der Waals surface area contributed by atoms with E-state index in [1.54, 1.807) is 18.2 Å². The molecule has 7 N–H and O–H groups in total. The number of nitrogens with zero attached hydrogens (tertiary/aromatic N) is 7. The van der Waals surface area contributed by atoms with Gasteiger partial charge >= 0.3 is 16.4 Å². The summed E-state index contributed by atoms with van der Waals surface area (Å²) in [5.74, 6) is -3.94. The van der Waals surface area contributed by atoms with E-state index in [1.165, 1.54) is 30.3 Å². The lowest BCUT2D eigenvalue weighted by molar-refractivity contribution is 0.0697. The topological polar surface area (TPSA) is 376 Å². The second-order valence-corrected chi connectivity index (χ2v) is 18.0. The second kappa shape index (κ2) is 18.0. The van der Waals surface area contributed by atoms with E-state index in [2.05, 4.69) is 50.2 Å². The van der Waals surface area contributed by atoms with Crippen molar-refractivity contribution in [1.82, 2.24) is 15.0 Å². The third kappa shape index (κ3) is 12.2. The van der Waals surface area contributed by atoms with Gasteiger partial charge in [0.2, 0.25) is 23.3 Å². The number of halogens is 1. The Kier molecular flexibility index (Phi) is 13.5. The smallest absolute Gasteiger partial charge is 0.397 e. The van der Waals surface area contributed by atoms with Crippen LogP contribution in [0.4, 0.5) is 34.6 Å². The van der Waals surface area contributed by atoms with Crippen molar-refractivity contribution in [2.75, 3.05) is 23.0 Å². The number of hydrogen-bond acceptors (Lipinski definition) is 20. The fourth-order valence-corrected chi connectivity index (χ4v) is 7.43. The van der Waals surface area contributed by atoms with Crippen LogP contribution in [0.2, 0.25) is 5.28 Å². The minimum absolute atomic E-state index is 0.0642. The number of carbonyl (C=O) groups is 1. The molecular weight excluding hydrogens is 902 g/mol. The lowest BCUT2D eigenvalue weighted by atomic mass is 10.2. The molecule has 1 atom stereocenters. The van der Waals surface area contributed by atoms with Crippen LogP contribution in [-0.4, -0.2) is 90.8 Å². The number of anilines is 4. The number of benzene rings is 4. The lowest BCUT2D eigenvalue weighted by Crippen LogP contribution is -2.15. The molecule has 1 unspecified atom stereocenters. The van der Waals surface area contributed by atoms with Gasteiger partial charge in [-0.2, -0.15) is 55.5 Å². The fraction of sp³-hybridized carbons (Fsp3) is 0.0968. The van der Waals surface area contributed by atoms with Crippen molar-refractivity contribution >= 4 is 92.7 Å². The molecular formula is C31H26ClN9O15S4. The number of nitrogens with one attached hydrogen (secondary N) is 2. The number of azo groups is 2. The maximum atomic E-state index is 12.7. The molecule has 0 radical (unpaired) electrons. The van der Waals surface area contributed by atoms with E-state index in [-0.39, 0.29) is 22.1 Å². The number of aromatic hydroxyl groups is 1. The number of phenols is 1. The third-order valence-corrected chi connectivity index (χ3v) is 11.4. The summed E-state index contributed by atoms with van der Waals surface area (Å²) in [5, 5.41) is 41.2. The van der Waals surface area contributed by atoms with Crippen molar-refractivity contribution in [2.24, 2.45) is 20.5 Å². The van der Waals surface area contributed by atoms with Gasteiger partial charge in [0, 0.05) is 11.3 Å². The van der Waals surface area contributed by atoms with Gasteiger partial charge in [0.1, 0.15) is 11.4 Å². The summed E-state index contributed by atoms with van der Waals surface area (Å²) in [7, 11) is -18.8. The van der Waals surface area contributed by atoms with Gasteiger partial charge < -0.3 is 20.8 Å². The summed E-state index contributed by atoms with van der Waals surface area (Å²) < 4.78 is 127. The standard InChI is InChI=1S/C31H26ClN9O15S4/c32-29-35-30(33-18-7-4-8-19(13-18)57(45,46)12-11-56-60(53,54)55)37-31(36-29)34-24-15-21(59(50,51)52)16-25(26(24)42)39-41-27(17-5-2-1-3-6-17)40-38-23-14-20(58(47,48)49)9-10-22(23)28(43)44/h1-10,13-16,27,42H,11-12H2,(H,43,44)(H,47,48,49)(H,50,51,52)(H,53,54,55)(H2,33,34,35,36,37). The Morgan fingerprint density at radius 1 is 0.717 bits per heavy atom. The maximum Gasteiger partial charge on any atom is 0.397 e. The first kappa shape index (κ1) is 45.0. The van der Waals surface area contributed by atoms with Crippen LogP contribution in [0.1, 0.15) is 22.1 Å². The van der Waals surface area contributed by atoms with Gasteiger partial charge in [-0.05, 0) is 60.1 Å². The van der Waals surface area contributed by atoms with Gasteiger partial charge in [0.15, 0.2) is 15.6 Å². The Morgan fingerprint density at radius 3 is 1.95 bits per heavy atom. The highest BCUT2D eigenvalue weighted by Crippen LogP contribution is 2.40. The molecule has 0 saturated carbocycles. The van der Waals surface area contributed by atoms with Gasteiger partial charge in [-0.1, -0.05) is 36.4 Å². The van der Waals surface area contributed by atoms with Crippen LogP contribution in [0.15, 0.2) is 120 Å². The Bertz CT molecular complexity index is 2980.